The van der Waals surface area contributed by atoms with E-state index in [1.54, 1.807) is 11.1 Å². The molecule has 1 aliphatic heterocycles. The van der Waals surface area contributed by atoms with E-state index in [2.05, 4.69) is 66.1 Å². The van der Waals surface area contributed by atoms with Crippen LogP contribution in [0.15, 0.2) is 42.5 Å². The van der Waals surface area contributed by atoms with Gasteiger partial charge in [0.1, 0.15) is 0 Å². The van der Waals surface area contributed by atoms with E-state index >= 15 is 0 Å². The number of hydrogen-bond acceptors (Lipinski definition) is 2. The smallest absolute Gasteiger partial charge is 0.0399 e. The van der Waals surface area contributed by atoms with Crippen molar-refractivity contribution in [3.8, 4) is 0 Å². The van der Waals surface area contributed by atoms with Gasteiger partial charge in [-0.2, -0.15) is 0 Å². The van der Waals surface area contributed by atoms with Gasteiger partial charge in [0.25, 0.3) is 0 Å². The molecule has 4 rings (SSSR count). The molecule has 0 radical (unpaired) electrons. The van der Waals surface area contributed by atoms with Crippen molar-refractivity contribution in [3.05, 3.63) is 64.7 Å². The van der Waals surface area contributed by atoms with Gasteiger partial charge in [-0.05, 0) is 61.4 Å². The summed E-state index contributed by atoms with van der Waals surface area (Å²) in [6, 6.07) is 16.5. The minimum Gasteiger partial charge on any atom is -0.369 e. The lowest BCUT2D eigenvalue weighted by Gasteiger charge is -2.42. The minimum absolute atomic E-state index is 0.737. The summed E-state index contributed by atoms with van der Waals surface area (Å²) in [6.07, 6.45) is 3.80. The maximum absolute atomic E-state index is 2.73. The summed E-state index contributed by atoms with van der Waals surface area (Å²) in [5, 5.41) is 0. The first-order chi connectivity index (χ1) is 11.7. The van der Waals surface area contributed by atoms with Gasteiger partial charge < -0.3 is 4.90 Å². The van der Waals surface area contributed by atoms with Crippen LogP contribution in [0.4, 0.5) is 5.69 Å². The van der Waals surface area contributed by atoms with E-state index in [1.165, 1.54) is 49.2 Å². The highest BCUT2D eigenvalue weighted by Gasteiger charge is 2.27. The number of anilines is 1. The average molecular weight is 320 g/mol. The van der Waals surface area contributed by atoms with Crippen LogP contribution in [0.1, 0.15) is 28.7 Å². The Labute approximate surface area is 146 Å². The quantitative estimate of drug-likeness (QED) is 0.826. The molecular weight excluding hydrogens is 292 g/mol. The first kappa shape index (κ1) is 15.7. The SMILES string of the molecule is Cc1cccc(N2CCN([C@@H]3CCc4ccccc4C3)CC2)c1C. The summed E-state index contributed by atoms with van der Waals surface area (Å²) in [7, 11) is 0. The molecule has 1 fully saturated rings. The van der Waals surface area contributed by atoms with E-state index in [4.69, 9.17) is 0 Å². The summed E-state index contributed by atoms with van der Waals surface area (Å²) in [4.78, 5) is 5.31. The minimum atomic E-state index is 0.737. The van der Waals surface area contributed by atoms with Crippen molar-refractivity contribution in [2.24, 2.45) is 0 Å². The Morgan fingerprint density at radius 1 is 0.833 bits per heavy atom. The predicted molar refractivity (Wildman–Crippen MR) is 102 cm³/mol. The number of hydrogen-bond donors (Lipinski definition) is 0. The summed E-state index contributed by atoms with van der Waals surface area (Å²) in [5.41, 5.74) is 7.42. The van der Waals surface area contributed by atoms with Crippen molar-refractivity contribution in [2.45, 2.75) is 39.2 Å². The molecule has 2 heteroatoms. The van der Waals surface area contributed by atoms with Crippen molar-refractivity contribution in [3.63, 3.8) is 0 Å². The fourth-order valence-corrected chi connectivity index (χ4v) is 4.40. The van der Waals surface area contributed by atoms with Crippen LogP contribution < -0.4 is 4.90 Å². The van der Waals surface area contributed by atoms with Crippen molar-refractivity contribution in [2.75, 3.05) is 31.1 Å². The largest absolute Gasteiger partial charge is 0.369 e. The van der Waals surface area contributed by atoms with Gasteiger partial charge in [0.15, 0.2) is 0 Å². The van der Waals surface area contributed by atoms with Gasteiger partial charge in [-0.3, -0.25) is 4.90 Å². The van der Waals surface area contributed by atoms with E-state index in [0.29, 0.717) is 0 Å². The van der Waals surface area contributed by atoms with Crippen molar-refractivity contribution in [1.82, 2.24) is 4.90 Å². The van der Waals surface area contributed by atoms with Gasteiger partial charge >= 0.3 is 0 Å². The summed E-state index contributed by atoms with van der Waals surface area (Å²) >= 11 is 0. The molecule has 2 nitrogen and oxygen atoms in total. The zero-order valence-electron chi connectivity index (χ0n) is 15.0. The molecule has 1 saturated heterocycles. The Morgan fingerprint density at radius 3 is 2.38 bits per heavy atom. The van der Waals surface area contributed by atoms with Gasteiger partial charge in [0.2, 0.25) is 0 Å². The number of benzene rings is 2. The van der Waals surface area contributed by atoms with Crippen molar-refractivity contribution < 1.29 is 0 Å². The van der Waals surface area contributed by atoms with Crippen LogP contribution >= 0.6 is 0 Å². The standard InChI is InChI=1S/C22H28N2/c1-17-6-5-9-22(18(17)2)24-14-12-23(13-15-24)21-11-10-19-7-3-4-8-20(19)16-21/h3-9,21H,10-16H2,1-2H3/t21-/m1/s1. The van der Waals surface area contributed by atoms with Crippen molar-refractivity contribution >= 4 is 5.69 Å². The maximum Gasteiger partial charge on any atom is 0.0399 e. The second-order valence-electron chi connectivity index (χ2n) is 7.41. The molecule has 0 spiro atoms. The molecule has 0 N–H and O–H groups in total. The first-order valence-electron chi connectivity index (χ1n) is 9.34. The third-order valence-electron chi connectivity index (χ3n) is 6.07. The third-order valence-corrected chi connectivity index (χ3v) is 6.07. The molecule has 0 aromatic heterocycles. The van der Waals surface area contributed by atoms with Gasteiger partial charge in [-0.25, -0.2) is 0 Å². The van der Waals surface area contributed by atoms with E-state index in [-0.39, 0.29) is 0 Å². The van der Waals surface area contributed by atoms with Gasteiger partial charge in [0, 0.05) is 37.9 Å². The van der Waals surface area contributed by atoms with E-state index in [9.17, 15) is 0 Å². The molecule has 1 aliphatic carbocycles. The Bertz CT molecular complexity index is 714. The second kappa shape index (κ2) is 6.60. The number of piperazine rings is 1. The Morgan fingerprint density at radius 2 is 1.58 bits per heavy atom. The van der Waals surface area contributed by atoms with E-state index in [0.717, 1.165) is 19.1 Å². The molecule has 1 heterocycles. The van der Waals surface area contributed by atoms with E-state index < -0.39 is 0 Å². The number of fused-ring (bicyclic) bond motifs is 1. The normalized spacial score (nSPS) is 21.6. The van der Waals surface area contributed by atoms with Crippen LogP contribution in [0, 0.1) is 13.8 Å². The predicted octanol–water partition coefficient (Wildman–Crippen LogP) is 3.98. The van der Waals surface area contributed by atoms with Crippen LogP contribution in [0.2, 0.25) is 0 Å². The lowest BCUT2D eigenvalue weighted by Crippen LogP contribution is -2.52. The van der Waals surface area contributed by atoms with Crippen LogP contribution in [0.5, 0.6) is 0 Å². The Kier molecular flexibility index (Phi) is 4.32. The molecule has 0 bridgehead atoms. The van der Waals surface area contributed by atoms with Gasteiger partial charge in [0.05, 0.1) is 0 Å². The summed E-state index contributed by atoms with van der Waals surface area (Å²) in [6.45, 7) is 9.18. The topological polar surface area (TPSA) is 6.48 Å². The van der Waals surface area contributed by atoms with Crippen LogP contribution in [-0.2, 0) is 12.8 Å². The molecular formula is C22H28N2. The molecule has 2 aromatic rings. The molecule has 0 saturated carbocycles. The van der Waals surface area contributed by atoms with Crippen LogP contribution in [0.25, 0.3) is 0 Å². The Hall–Kier alpha value is -1.80. The van der Waals surface area contributed by atoms with Gasteiger partial charge in [-0.15, -0.1) is 0 Å². The lowest BCUT2D eigenvalue weighted by atomic mass is 9.87. The second-order valence-corrected chi connectivity index (χ2v) is 7.41. The third kappa shape index (κ3) is 2.95. The first-order valence-corrected chi connectivity index (χ1v) is 9.34. The molecule has 126 valence electrons. The summed E-state index contributed by atoms with van der Waals surface area (Å²) in [5.74, 6) is 0. The number of nitrogens with zero attached hydrogens (tertiary/aromatic N) is 2. The van der Waals surface area contributed by atoms with Crippen molar-refractivity contribution in [1.29, 1.82) is 0 Å². The maximum atomic E-state index is 2.73. The highest BCUT2D eigenvalue weighted by Crippen LogP contribution is 2.27. The monoisotopic (exact) mass is 320 g/mol. The molecule has 2 aromatic carbocycles. The number of rotatable bonds is 2. The molecule has 2 aliphatic rings. The Balaban J connectivity index is 1.41. The average Bonchev–Trinajstić information content (AvgIpc) is 2.64. The zero-order valence-corrected chi connectivity index (χ0v) is 15.0. The molecule has 1 atom stereocenters. The van der Waals surface area contributed by atoms with Crippen LogP contribution in [0.3, 0.4) is 0 Å². The fourth-order valence-electron chi connectivity index (χ4n) is 4.40. The highest BCUT2D eigenvalue weighted by atomic mass is 15.3. The summed E-state index contributed by atoms with van der Waals surface area (Å²) < 4.78 is 0. The zero-order chi connectivity index (χ0) is 16.5. The van der Waals surface area contributed by atoms with Crippen LogP contribution in [-0.4, -0.2) is 37.1 Å². The lowest BCUT2D eigenvalue weighted by molar-refractivity contribution is 0.170. The van der Waals surface area contributed by atoms with Gasteiger partial charge in [-0.1, -0.05) is 36.4 Å². The number of aryl methyl sites for hydroxylation is 2. The molecule has 0 unspecified atom stereocenters. The van der Waals surface area contributed by atoms with E-state index in [1.807, 2.05) is 0 Å². The molecule has 0 amide bonds. The molecule has 24 heavy (non-hydrogen) atoms. The fraction of sp³-hybridized carbons (Fsp3) is 0.455. The highest BCUT2D eigenvalue weighted by molar-refractivity contribution is 5.56.